The molecular weight excluding hydrogens is 190 g/mol. The van der Waals surface area contributed by atoms with Gasteiger partial charge in [-0.05, 0) is 27.9 Å². The van der Waals surface area contributed by atoms with E-state index in [1.807, 2.05) is 25.7 Å². The lowest BCUT2D eigenvalue weighted by Crippen LogP contribution is -2.22. The van der Waals surface area contributed by atoms with Crippen molar-refractivity contribution < 1.29 is 0 Å². The number of likely N-dealkylation sites (N-methyl/N-ethyl adjacent to an activating group) is 1. The first-order valence-corrected chi connectivity index (χ1v) is 5.27. The minimum Gasteiger partial charge on any atom is -0.394 e. The van der Waals surface area contributed by atoms with Crippen LogP contribution in [-0.2, 0) is 6.54 Å². The van der Waals surface area contributed by atoms with Gasteiger partial charge in [0.05, 0.1) is 11.4 Å². The number of hydrogen-bond acceptors (Lipinski definition) is 4. The van der Waals surface area contributed by atoms with Gasteiger partial charge in [-0.3, -0.25) is 0 Å². The molecule has 0 saturated heterocycles. The Balaban J connectivity index is 2.66. The molecular formula is C10H21N5. The monoisotopic (exact) mass is 211 g/mol. The standard InChI is InChI=1S/C10H21N5/c1-5-15-10(9(11)8(2)13-15)12-6-7-14(3)4/h12H,5-7,11H2,1-4H3. The number of rotatable bonds is 5. The average Bonchev–Trinajstić information content (AvgIpc) is 2.44. The Morgan fingerprint density at radius 1 is 1.47 bits per heavy atom. The summed E-state index contributed by atoms with van der Waals surface area (Å²) in [6.45, 7) is 6.68. The first-order valence-electron chi connectivity index (χ1n) is 5.27. The van der Waals surface area contributed by atoms with Gasteiger partial charge in [0, 0.05) is 19.6 Å². The summed E-state index contributed by atoms with van der Waals surface area (Å²) in [5, 5.41) is 7.66. The molecule has 15 heavy (non-hydrogen) atoms. The van der Waals surface area contributed by atoms with Crippen LogP contribution in [0.25, 0.3) is 0 Å². The van der Waals surface area contributed by atoms with Gasteiger partial charge in [0.25, 0.3) is 0 Å². The Morgan fingerprint density at radius 3 is 2.67 bits per heavy atom. The van der Waals surface area contributed by atoms with Crippen LogP contribution in [0, 0.1) is 6.92 Å². The van der Waals surface area contributed by atoms with Gasteiger partial charge in [0.15, 0.2) is 0 Å². The molecule has 0 amide bonds. The third-order valence-corrected chi connectivity index (χ3v) is 2.32. The fraction of sp³-hybridized carbons (Fsp3) is 0.700. The molecule has 5 heteroatoms. The maximum atomic E-state index is 5.94. The summed E-state index contributed by atoms with van der Waals surface area (Å²) in [7, 11) is 4.10. The summed E-state index contributed by atoms with van der Waals surface area (Å²) in [6, 6.07) is 0. The molecule has 0 aromatic carbocycles. The van der Waals surface area contributed by atoms with Crippen molar-refractivity contribution in [2.45, 2.75) is 20.4 Å². The smallest absolute Gasteiger partial charge is 0.148 e. The van der Waals surface area contributed by atoms with Crippen molar-refractivity contribution in [2.24, 2.45) is 0 Å². The van der Waals surface area contributed by atoms with Crippen LogP contribution in [0.15, 0.2) is 0 Å². The van der Waals surface area contributed by atoms with Crippen molar-refractivity contribution >= 4 is 11.5 Å². The summed E-state index contributed by atoms with van der Waals surface area (Å²) < 4.78 is 1.90. The number of aryl methyl sites for hydroxylation is 2. The lowest BCUT2D eigenvalue weighted by Gasteiger charge is -2.12. The summed E-state index contributed by atoms with van der Waals surface area (Å²) >= 11 is 0. The van der Waals surface area contributed by atoms with Gasteiger partial charge in [0.2, 0.25) is 0 Å². The molecule has 0 bridgehead atoms. The Kier molecular flexibility index (Phi) is 3.96. The van der Waals surface area contributed by atoms with Gasteiger partial charge in [0.1, 0.15) is 5.82 Å². The molecule has 86 valence electrons. The molecule has 5 nitrogen and oxygen atoms in total. The third kappa shape index (κ3) is 2.86. The number of nitrogen functional groups attached to an aromatic ring is 1. The molecule has 0 aliphatic rings. The zero-order valence-electron chi connectivity index (χ0n) is 10.0. The predicted molar refractivity (Wildman–Crippen MR) is 64.1 cm³/mol. The number of nitrogens with one attached hydrogen (secondary N) is 1. The van der Waals surface area contributed by atoms with Crippen molar-refractivity contribution in [3.05, 3.63) is 5.69 Å². The Bertz CT molecular complexity index is 316. The quantitative estimate of drug-likeness (QED) is 0.755. The first kappa shape index (κ1) is 11.8. The summed E-state index contributed by atoms with van der Waals surface area (Å²) in [4.78, 5) is 2.13. The van der Waals surface area contributed by atoms with E-state index in [4.69, 9.17) is 5.73 Å². The fourth-order valence-corrected chi connectivity index (χ4v) is 1.41. The third-order valence-electron chi connectivity index (χ3n) is 2.32. The highest BCUT2D eigenvalue weighted by Gasteiger charge is 2.10. The van der Waals surface area contributed by atoms with E-state index < -0.39 is 0 Å². The number of aromatic nitrogens is 2. The van der Waals surface area contributed by atoms with E-state index in [1.54, 1.807) is 0 Å². The normalized spacial score (nSPS) is 11.0. The topological polar surface area (TPSA) is 59.1 Å². The lowest BCUT2D eigenvalue weighted by atomic mass is 10.4. The van der Waals surface area contributed by atoms with E-state index in [0.29, 0.717) is 0 Å². The van der Waals surface area contributed by atoms with Crippen LogP contribution >= 0.6 is 0 Å². The molecule has 0 aliphatic carbocycles. The molecule has 0 atom stereocenters. The number of nitrogens with zero attached hydrogens (tertiary/aromatic N) is 3. The maximum absolute atomic E-state index is 5.94. The summed E-state index contributed by atoms with van der Waals surface area (Å²) in [5.74, 6) is 0.942. The van der Waals surface area contributed by atoms with E-state index in [1.165, 1.54) is 0 Å². The number of anilines is 2. The van der Waals surface area contributed by atoms with Gasteiger partial charge in [-0.2, -0.15) is 5.10 Å². The van der Waals surface area contributed by atoms with Gasteiger partial charge in [-0.25, -0.2) is 4.68 Å². The van der Waals surface area contributed by atoms with Gasteiger partial charge >= 0.3 is 0 Å². The SMILES string of the molecule is CCn1nc(C)c(N)c1NCCN(C)C. The highest BCUT2D eigenvalue weighted by Crippen LogP contribution is 2.21. The second kappa shape index (κ2) is 5.02. The molecule has 0 radical (unpaired) electrons. The zero-order valence-corrected chi connectivity index (χ0v) is 10.0. The summed E-state index contributed by atoms with van der Waals surface area (Å²) in [5.41, 5.74) is 7.59. The summed E-state index contributed by atoms with van der Waals surface area (Å²) in [6.07, 6.45) is 0. The van der Waals surface area contributed by atoms with E-state index in [2.05, 4.69) is 22.2 Å². The van der Waals surface area contributed by atoms with Gasteiger partial charge in [-0.15, -0.1) is 0 Å². The number of nitrogens with two attached hydrogens (primary N) is 1. The van der Waals surface area contributed by atoms with Crippen molar-refractivity contribution in [3.63, 3.8) is 0 Å². The van der Waals surface area contributed by atoms with Gasteiger partial charge < -0.3 is 16.0 Å². The zero-order chi connectivity index (χ0) is 11.4. The molecule has 3 N–H and O–H groups in total. The van der Waals surface area contributed by atoms with Crippen molar-refractivity contribution in [1.29, 1.82) is 0 Å². The van der Waals surface area contributed by atoms with Crippen LogP contribution in [0.1, 0.15) is 12.6 Å². The van der Waals surface area contributed by atoms with E-state index in [0.717, 1.165) is 36.8 Å². The Labute approximate surface area is 91.2 Å². The first-order chi connectivity index (χ1) is 7.06. The fourth-order valence-electron chi connectivity index (χ4n) is 1.41. The minimum absolute atomic E-state index is 0.760. The molecule has 0 aliphatic heterocycles. The molecule has 0 fully saturated rings. The molecule has 1 aromatic rings. The van der Waals surface area contributed by atoms with Crippen molar-refractivity contribution in [2.75, 3.05) is 38.2 Å². The van der Waals surface area contributed by atoms with E-state index in [-0.39, 0.29) is 0 Å². The highest BCUT2D eigenvalue weighted by molar-refractivity contribution is 5.64. The van der Waals surface area contributed by atoms with Crippen LogP contribution in [-0.4, -0.2) is 41.9 Å². The molecule has 0 unspecified atom stereocenters. The van der Waals surface area contributed by atoms with Crippen LogP contribution in [0.5, 0.6) is 0 Å². The van der Waals surface area contributed by atoms with E-state index >= 15 is 0 Å². The van der Waals surface area contributed by atoms with Crippen molar-refractivity contribution in [3.8, 4) is 0 Å². The molecule has 1 aromatic heterocycles. The average molecular weight is 211 g/mol. The molecule has 0 saturated carbocycles. The van der Waals surface area contributed by atoms with Gasteiger partial charge in [-0.1, -0.05) is 0 Å². The second-order valence-electron chi connectivity index (χ2n) is 3.89. The van der Waals surface area contributed by atoms with Crippen LogP contribution in [0.4, 0.5) is 11.5 Å². The van der Waals surface area contributed by atoms with Crippen molar-refractivity contribution in [1.82, 2.24) is 14.7 Å². The van der Waals surface area contributed by atoms with Crippen LogP contribution in [0.3, 0.4) is 0 Å². The minimum atomic E-state index is 0.760. The van der Waals surface area contributed by atoms with E-state index in [9.17, 15) is 0 Å². The second-order valence-corrected chi connectivity index (χ2v) is 3.89. The molecule has 0 spiro atoms. The molecule has 1 heterocycles. The Morgan fingerprint density at radius 2 is 2.13 bits per heavy atom. The lowest BCUT2D eigenvalue weighted by molar-refractivity contribution is 0.424. The number of hydrogen-bond donors (Lipinski definition) is 2. The van der Waals surface area contributed by atoms with Crippen LogP contribution in [0.2, 0.25) is 0 Å². The highest BCUT2D eigenvalue weighted by atomic mass is 15.3. The maximum Gasteiger partial charge on any atom is 0.148 e. The predicted octanol–water partition coefficient (Wildman–Crippen LogP) is 0.767. The Hall–Kier alpha value is -1.23. The van der Waals surface area contributed by atoms with Crippen LogP contribution < -0.4 is 11.1 Å². The molecule has 1 rings (SSSR count). The largest absolute Gasteiger partial charge is 0.394 e.